The van der Waals surface area contributed by atoms with Gasteiger partial charge in [-0.05, 0) is 49.6 Å². The van der Waals surface area contributed by atoms with Crippen LogP contribution in [0.2, 0.25) is 0 Å². The molecule has 2 fully saturated rings. The Hall–Kier alpha value is -2.89. The average molecular weight is 615 g/mol. The minimum Gasteiger partial charge on any atom is -0.483 e. The number of H-pyrrole nitrogens is 1. The van der Waals surface area contributed by atoms with E-state index in [0.717, 1.165) is 48.2 Å². The van der Waals surface area contributed by atoms with Gasteiger partial charge in [-0.3, -0.25) is 19.2 Å². The number of nitrogens with one attached hydrogen (secondary N) is 1. The summed E-state index contributed by atoms with van der Waals surface area (Å²) in [5.74, 6) is -1.52. The summed E-state index contributed by atoms with van der Waals surface area (Å²) in [6.45, 7) is 1.36. The number of carbonyl (C=O) groups excluding carboxylic acids is 3. The molecule has 0 aliphatic carbocycles. The van der Waals surface area contributed by atoms with E-state index in [4.69, 9.17) is 4.74 Å². The van der Waals surface area contributed by atoms with E-state index in [-0.39, 0.29) is 29.2 Å². The van der Waals surface area contributed by atoms with Crippen LogP contribution in [0.1, 0.15) is 35.6 Å². The van der Waals surface area contributed by atoms with Crippen LogP contribution in [0.15, 0.2) is 62.8 Å². The topological polar surface area (TPSA) is 99.8 Å². The van der Waals surface area contributed by atoms with Gasteiger partial charge in [0, 0.05) is 33.9 Å². The van der Waals surface area contributed by atoms with E-state index in [9.17, 15) is 19.2 Å². The van der Waals surface area contributed by atoms with Crippen LogP contribution in [0.4, 0.5) is 5.69 Å². The molecule has 2 saturated heterocycles. The summed E-state index contributed by atoms with van der Waals surface area (Å²) >= 11 is 5.68. The average Bonchev–Trinajstić information content (AvgIpc) is 3.43. The molecule has 6 rings (SSSR count). The molecule has 1 aromatic heterocycles. The highest BCUT2D eigenvalue weighted by molar-refractivity contribution is 9.10. The van der Waals surface area contributed by atoms with Gasteiger partial charge < -0.3 is 14.6 Å². The number of rotatable bonds is 5. The molecule has 3 aliphatic rings. The summed E-state index contributed by atoms with van der Waals surface area (Å²) in [5.41, 5.74) is 1.19. The smallest absolute Gasteiger partial charge is 0.305 e. The van der Waals surface area contributed by atoms with Crippen LogP contribution in [0, 0.1) is 5.92 Å². The van der Waals surface area contributed by atoms with Crippen LogP contribution in [0.3, 0.4) is 0 Å². The second-order valence-corrected chi connectivity index (χ2v) is 12.6. The highest BCUT2D eigenvalue weighted by Gasteiger charge is 2.56. The van der Waals surface area contributed by atoms with Crippen molar-refractivity contribution in [3.05, 3.63) is 73.1 Å². The lowest BCUT2D eigenvalue weighted by Crippen LogP contribution is -2.38. The van der Waals surface area contributed by atoms with Crippen molar-refractivity contribution in [3.8, 4) is 5.75 Å². The molecule has 3 atom stereocenters. The maximum Gasteiger partial charge on any atom is 0.305 e. The molecular weight excluding hydrogens is 590 g/mol. The van der Waals surface area contributed by atoms with Crippen molar-refractivity contribution >= 4 is 62.4 Å². The number of hydrogen-bond acceptors (Lipinski definition) is 7. The first-order chi connectivity index (χ1) is 18.4. The fourth-order valence-corrected chi connectivity index (χ4v) is 8.21. The van der Waals surface area contributed by atoms with Crippen molar-refractivity contribution in [1.82, 2.24) is 9.88 Å². The monoisotopic (exact) mass is 613 g/mol. The van der Waals surface area contributed by atoms with Gasteiger partial charge in [-0.2, -0.15) is 0 Å². The number of amides is 3. The lowest BCUT2D eigenvalue weighted by atomic mass is 9.82. The molecule has 1 N–H and O–H groups in total. The number of aromatic amines is 1. The number of imide groups is 1. The molecule has 38 heavy (non-hydrogen) atoms. The van der Waals surface area contributed by atoms with Crippen molar-refractivity contribution in [3.63, 3.8) is 0 Å². The van der Waals surface area contributed by atoms with E-state index in [1.165, 1.54) is 16.7 Å². The SMILES string of the molecule is O=C(COc1ccccc1[C@H]1c2sc(=O)[nH]c2SC2C(=O)N(c3ccc(Br)cc3)C(=O)C21)N1CCCCC1. The zero-order chi connectivity index (χ0) is 26.4. The molecular formula is C27H24BrN3O5S2. The molecule has 4 heterocycles. The Morgan fingerprint density at radius 1 is 1.00 bits per heavy atom. The van der Waals surface area contributed by atoms with Crippen molar-refractivity contribution in [2.45, 2.75) is 35.5 Å². The number of halogens is 1. The summed E-state index contributed by atoms with van der Waals surface area (Å²) in [4.78, 5) is 59.1. The number of anilines is 1. The molecule has 0 radical (unpaired) electrons. The van der Waals surface area contributed by atoms with E-state index in [0.29, 0.717) is 26.9 Å². The molecule has 2 unspecified atom stereocenters. The molecule has 196 valence electrons. The van der Waals surface area contributed by atoms with Crippen LogP contribution in [0.5, 0.6) is 5.75 Å². The highest BCUT2D eigenvalue weighted by Crippen LogP contribution is 2.54. The first-order valence-electron chi connectivity index (χ1n) is 12.4. The fraction of sp³-hybridized carbons (Fsp3) is 0.333. The predicted molar refractivity (Wildman–Crippen MR) is 149 cm³/mol. The summed E-state index contributed by atoms with van der Waals surface area (Å²) in [5, 5.41) is -0.0961. The molecule has 0 spiro atoms. The third-order valence-electron chi connectivity index (χ3n) is 7.22. The van der Waals surface area contributed by atoms with Gasteiger partial charge in [-0.1, -0.05) is 57.2 Å². The van der Waals surface area contributed by atoms with Gasteiger partial charge in [-0.15, -0.1) is 0 Å². The number of hydrogen-bond donors (Lipinski definition) is 1. The van der Waals surface area contributed by atoms with E-state index in [1.807, 2.05) is 23.1 Å². The maximum atomic E-state index is 13.9. The molecule has 8 nitrogen and oxygen atoms in total. The lowest BCUT2D eigenvalue weighted by Gasteiger charge is -2.31. The number of thioether (sulfide) groups is 1. The van der Waals surface area contributed by atoms with Gasteiger partial charge in [0.15, 0.2) is 6.61 Å². The number of para-hydroxylation sites is 1. The number of likely N-dealkylation sites (tertiary alicyclic amines) is 1. The van der Waals surface area contributed by atoms with Crippen LogP contribution in [-0.4, -0.2) is 52.6 Å². The van der Waals surface area contributed by atoms with Crippen LogP contribution in [0.25, 0.3) is 0 Å². The van der Waals surface area contributed by atoms with Gasteiger partial charge in [0.05, 0.1) is 16.6 Å². The van der Waals surface area contributed by atoms with Gasteiger partial charge >= 0.3 is 4.87 Å². The van der Waals surface area contributed by atoms with Crippen LogP contribution < -0.4 is 14.5 Å². The molecule has 3 aromatic rings. The minimum atomic E-state index is -0.724. The third kappa shape index (κ3) is 4.50. The van der Waals surface area contributed by atoms with Gasteiger partial charge in [0.25, 0.3) is 5.91 Å². The standard InChI is InChI=1S/C27H24BrN3O5S2/c28-15-8-10-16(11-9-15)31-25(33)21-20(22-24(29-27(35)38-22)37-23(21)26(31)34)17-6-2-3-7-18(17)36-14-19(32)30-12-4-1-5-13-30/h2-3,6-11,20-21,23H,1,4-5,12-14H2,(H,29,35)/t20-,21?,23?/m1/s1. The van der Waals surface area contributed by atoms with Gasteiger partial charge in [0.2, 0.25) is 11.8 Å². The minimum absolute atomic E-state index is 0.0721. The summed E-state index contributed by atoms with van der Waals surface area (Å²) < 4.78 is 6.91. The van der Waals surface area contributed by atoms with Crippen LogP contribution in [-0.2, 0) is 14.4 Å². The van der Waals surface area contributed by atoms with Crippen molar-refractivity contribution in [2.75, 3.05) is 24.6 Å². The number of ether oxygens (including phenoxy) is 1. The van der Waals surface area contributed by atoms with E-state index in [2.05, 4.69) is 20.9 Å². The van der Waals surface area contributed by atoms with Gasteiger partial charge in [0.1, 0.15) is 11.0 Å². The number of thiazole rings is 1. The normalized spacial score (nSPS) is 22.8. The number of carbonyl (C=O) groups is 3. The van der Waals surface area contributed by atoms with E-state index >= 15 is 0 Å². The molecule has 3 aliphatic heterocycles. The Labute approximate surface area is 235 Å². The molecule has 2 aromatic carbocycles. The third-order valence-corrected chi connectivity index (χ3v) is 10.2. The zero-order valence-electron chi connectivity index (χ0n) is 20.2. The Morgan fingerprint density at radius 3 is 2.50 bits per heavy atom. The Kier molecular flexibility index (Phi) is 6.92. The second-order valence-electron chi connectivity index (χ2n) is 9.51. The summed E-state index contributed by atoms with van der Waals surface area (Å²) in [6, 6.07) is 14.3. The molecule has 0 saturated carbocycles. The van der Waals surface area contributed by atoms with Crippen molar-refractivity contribution < 1.29 is 19.1 Å². The maximum absolute atomic E-state index is 13.9. The summed E-state index contributed by atoms with van der Waals surface area (Å²) in [7, 11) is 0. The highest BCUT2D eigenvalue weighted by atomic mass is 79.9. The summed E-state index contributed by atoms with van der Waals surface area (Å²) in [6.07, 6.45) is 3.11. The molecule has 11 heteroatoms. The Bertz CT molecular complexity index is 1460. The van der Waals surface area contributed by atoms with Gasteiger partial charge in [-0.25, -0.2) is 4.90 Å². The number of fused-ring (bicyclic) bond motifs is 2. The number of aromatic nitrogens is 1. The number of benzene rings is 2. The van der Waals surface area contributed by atoms with Crippen LogP contribution >= 0.6 is 39.0 Å². The number of piperidine rings is 1. The van der Waals surface area contributed by atoms with Crippen molar-refractivity contribution in [2.24, 2.45) is 5.92 Å². The Morgan fingerprint density at radius 2 is 1.74 bits per heavy atom. The first kappa shape index (κ1) is 25.4. The first-order valence-corrected chi connectivity index (χ1v) is 14.9. The fourth-order valence-electron chi connectivity index (χ4n) is 5.44. The predicted octanol–water partition coefficient (Wildman–Crippen LogP) is 4.39. The zero-order valence-corrected chi connectivity index (χ0v) is 23.4. The number of nitrogens with zero attached hydrogens (tertiary/aromatic N) is 2. The quantitative estimate of drug-likeness (QED) is 0.429. The molecule has 3 amide bonds. The van der Waals surface area contributed by atoms with E-state index in [1.54, 1.807) is 30.3 Å². The molecule has 0 bridgehead atoms. The lowest BCUT2D eigenvalue weighted by molar-refractivity contribution is -0.134. The van der Waals surface area contributed by atoms with Crippen molar-refractivity contribution in [1.29, 1.82) is 0 Å². The Balaban J connectivity index is 1.36. The van der Waals surface area contributed by atoms with E-state index < -0.39 is 17.1 Å². The largest absolute Gasteiger partial charge is 0.483 e. The second kappa shape index (κ2) is 10.3.